The first kappa shape index (κ1) is 23.7. The molecule has 1 N–H and O–H groups in total. The van der Waals surface area contributed by atoms with Gasteiger partial charge in [0.15, 0.2) is 0 Å². The molecule has 0 saturated carbocycles. The van der Waals surface area contributed by atoms with Gasteiger partial charge in [-0.05, 0) is 72.4 Å². The molecule has 4 aromatic rings. The van der Waals surface area contributed by atoms with Gasteiger partial charge in [0, 0.05) is 10.4 Å². The van der Waals surface area contributed by atoms with E-state index < -0.39 is 6.10 Å². The number of aliphatic hydroxyl groups excluding tert-OH is 1. The average Bonchev–Trinajstić information content (AvgIpc) is 2.87. The van der Waals surface area contributed by atoms with Crippen LogP contribution < -0.4 is 0 Å². The van der Waals surface area contributed by atoms with Crippen molar-refractivity contribution < 1.29 is 14.6 Å². The highest BCUT2D eigenvalue weighted by molar-refractivity contribution is 6.31. The molecule has 1 heterocycles. The van der Waals surface area contributed by atoms with Crippen LogP contribution in [0.2, 0.25) is 5.02 Å². The van der Waals surface area contributed by atoms with E-state index in [9.17, 15) is 9.90 Å². The molecule has 1 unspecified atom stereocenters. The number of hydrogen-bond acceptors (Lipinski definition) is 4. The number of ether oxygens (including phenoxy) is 1. The van der Waals surface area contributed by atoms with Crippen molar-refractivity contribution in [3.63, 3.8) is 0 Å². The van der Waals surface area contributed by atoms with E-state index >= 15 is 0 Å². The van der Waals surface area contributed by atoms with Gasteiger partial charge < -0.3 is 9.84 Å². The molecule has 0 aliphatic rings. The third-order valence-electron chi connectivity index (χ3n) is 5.76. The highest BCUT2D eigenvalue weighted by atomic mass is 35.5. The van der Waals surface area contributed by atoms with Gasteiger partial charge >= 0.3 is 5.97 Å². The number of esters is 1. The Labute approximate surface area is 204 Å². The topological polar surface area (TPSA) is 59.4 Å². The predicted octanol–water partition coefficient (Wildman–Crippen LogP) is 6.90. The fourth-order valence-corrected chi connectivity index (χ4v) is 4.12. The maximum atomic E-state index is 11.9. The number of methoxy groups -OCH3 is 1. The number of aromatic nitrogens is 1. The number of nitrogens with zero attached hydrogens (tertiary/aromatic N) is 1. The van der Waals surface area contributed by atoms with E-state index in [0.29, 0.717) is 23.4 Å². The van der Waals surface area contributed by atoms with Gasteiger partial charge in [-0.15, -0.1) is 0 Å². The summed E-state index contributed by atoms with van der Waals surface area (Å²) in [6.45, 7) is 0. The van der Waals surface area contributed by atoms with Gasteiger partial charge in [0.2, 0.25) is 0 Å². The normalized spacial score (nSPS) is 12.2. The summed E-state index contributed by atoms with van der Waals surface area (Å²) in [5, 5.41) is 12.4. The molecule has 172 valence electrons. The van der Waals surface area contributed by atoms with Crippen LogP contribution in [0, 0.1) is 0 Å². The molecule has 0 aliphatic heterocycles. The summed E-state index contributed by atoms with van der Waals surface area (Å²) in [5.74, 6) is -0.334. The van der Waals surface area contributed by atoms with E-state index in [1.165, 1.54) is 7.11 Å². The molecule has 0 saturated heterocycles. The number of aryl methyl sites for hydroxylation is 1. The third-order valence-corrected chi connectivity index (χ3v) is 6.00. The first-order chi connectivity index (χ1) is 16.5. The Morgan fingerprint density at radius 1 is 1.03 bits per heavy atom. The Kier molecular flexibility index (Phi) is 7.73. The number of fused-ring (bicyclic) bond motifs is 1. The summed E-state index contributed by atoms with van der Waals surface area (Å²) in [6, 6.07) is 25.0. The van der Waals surface area contributed by atoms with E-state index in [1.54, 1.807) is 6.07 Å². The van der Waals surface area contributed by atoms with Crippen molar-refractivity contribution in [1.82, 2.24) is 4.98 Å². The lowest BCUT2D eigenvalue weighted by molar-refractivity contribution is 0.0599. The second-order valence-electron chi connectivity index (χ2n) is 8.13. The van der Waals surface area contributed by atoms with Crippen LogP contribution in [0.3, 0.4) is 0 Å². The highest BCUT2D eigenvalue weighted by Gasteiger charge is 2.12. The van der Waals surface area contributed by atoms with Crippen molar-refractivity contribution >= 4 is 40.6 Å². The largest absolute Gasteiger partial charge is 0.465 e. The first-order valence-corrected chi connectivity index (χ1v) is 11.6. The van der Waals surface area contributed by atoms with E-state index in [-0.39, 0.29) is 5.97 Å². The fraction of sp³-hybridized carbons (Fsp3) is 0.172. The van der Waals surface area contributed by atoms with Crippen LogP contribution >= 0.6 is 11.6 Å². The number of hydrogen-bond donors (Lipinski definition) is 1. The minimum absolute atomic E-state index is 0.334. The quantitative estimate of drug-likeness (QED) is 0.284. The molecule has 0 spiro atoms. The second kappa shape index (κ2) is 11.1. The SMILES string of the molecule is COC(=O)c1ccccc1CCCC(O)c1cccc(/C=C/c2ccc3ccc(Cl)cc3n2)c1. The molecular weight excluding hydrogens is 446 g/mol. The molecule has 0 radical (unpaired) electrons. The van der Waals surface area contributed by atoms with Gasteiger partial charge in [0.1, 0.15) is 0 Å². The molecule has 0 amide bonds. The lowest BCUT2D eigenvalue weighted by atomic mass is 9.97. The molecule has 4 rings (SSSR count). The molecule has 3 aromatic carbocycles. The van der Waals surface area contributed by atoms with E-state index in [0.717, 1.165) is 39.7 Å². The zero-order valence-electron chi connectivity index (χ0n) is 18.9. The average molecular weight is 472 g/mol. The highest BCUT2D eigenvalue weighted by Crippen LogP contribution is 2.23. The Balaban J connectivity index is 1.40. The van der Waals surface area contributed by atoms with Crippen LogP contribution in [0.25, 0.3) is 23.1 Å². The van der Waals surface area contributed by atoms with Crippen molar-refractivity contribution in [2.75, 3.05) is 7.11 Å². The summed E-state index contributed by atoms with van der Waals surface area (Å²) in [6.07, 6.45) is 5.39. The van der Waals surface area contributed by atoms with Crippen LogP contribution in [0.5, 0.6) is 0 Å². The van der Waals surface area contributed by atoms with Gasteiger partial charge in [-0.25, -0.2) is 9.78 Å². The molecule has 0 fully saturated rings. The standard InChI is InChI=1S/C29H26ClNO3/c1-34-29(33)26-10-3-2-7-21(26)8-5-11-28(32)23-9-4-6-20(18-23)12-16-25-17-14-22-13-15-24(30)19-27(22)31-25/h2-4,6-7,9-10,12-19,28,32H,5,8,11H2,1H3/b16-12+. The Hall–Kier alpha value is -3.47. The first-order valence-electron chi connectivity index (χ1n) is 11.2. The molecule has 0 bridgehead atoms. The predicted molar refractivity (Wildman–Crippen MR) is 138 cm³/mol. The van der Waals surface area contributed by atoms with Crippen molar-refractivity contribution in [1.29, 1.82) is 0 Å². The van der Waals surface area contributed by atoms with Gasteiger partial charge in [-0.2, -0.15) is 0 Å². The number of benzene rings is 3. The summed E-state index contributed by atoms with van der Waals surface area (Å²) >= 11 is 6.09. The van der Waals surface area contributed by atoms with Crippen LogP contribution in [-0.4, -0.2) is 23.2 Å². The lowest BCUT2D eigenvalue weighted by Gasteiger charge is -2.13. The van der Waals surface area contributed by atoms with Crippen molar-refractivity contribution in [2.45, 2.75) is 25.4 Å². The number of carbonyl (C=O) groups excluding carboxylic acids is 1. The monoisotopic (exact) mass is 471 g/mol. The molecule has 5 heteroatoms. The van der Waals surface area contributed by atoms with E-state index in [4.69, 9.17) is 16.3 Å². The number of pyridine rings is 1. The maximum Gasteiger partial charge on any atom is 0.338 e. The van der Waals surface area contributed by atoms with Crippen LogP contribution in [0.15, 0.2) is 78.9 Å². The minimum atomic E-state index is -0.584. The summed E-state index contributed by atoms with van der Waals surface area (Å²) in [4.78, 5) is 16.6. The second-order valence-corrected chi connectivity index (χ2v) is 8.57. The molecule has 4 nitrogen and oxygen atoms in total. The minimum Gasteiger partial charge on any atom is -0.465 e. The van der Waals surface area contributed by atoms with E-state index in [1.807, 2.05) is 84.9 Å². The Morgan fingerprint density at radius 2 is 1.85 bits per heavy atom. The van der Waals surface area contributed by atoms with Crippen molar-refractivity contribution in [3.8, 4) is 0 Å². The summed E-state index contributed by atoms with van der Waals surface area (Å²) in [5.41, 5.74) is 5.05. The van der Waals surface area contributed by atoms with E-state index in [2.05, 4.69) is 4.98 Å². The molecule has 1 aromatic heterocycles. The fourth-order valence-electron chi connectivity index (χ4n) is 3.95. The van der Waals surface area contributed by atoms with Crippen LogP contribution in [0.4, 0.5) is 0 Å². The molecular formula is C29H26ClNO3. The van der Waals surface area contributed by atoms with Gasteiger partial charge in [0.25, 0.3) is 0 Å². The molecule has 1 atom stereocenters. The summed E-state index contributed by atoms with van der Waals surface area (Å²) < 4.78 is 4.86. The molecule has 0 aliphatic carbocycles. The number of carbonyl (C=O) groups is 1. The molecule has 34 heavy (non-hydrogen) atoms. The maximum absolute atomic E-state index is 11.9. The third kappa shape index (κ3) is 5.90. The van der Waals surface area contributed by atoms with Crippen molar-refractivity contribution in [3.05, 3.63) is 112 Å². The van der Waals surface area contributed by atoms with Gasteiger partial charge in [0.05, 0.1) is 30.0 Å². The smallest absolute Gasteiger partial charge is 0.338 e. The zero-order valence-corrected chi connectivity index (χ0v) is 19.7. The Bertz CT molecular complexity index is 1330. The number of aliphatic hydroxyl groups is 1. The summed E-state index contributed by atoms with van der Waals surface area (Å²) in [7, 11) is 1.38. The number of rotatable bonds is 8. The lowest BCUT2D eigenvalue weighted by Crippen LogP contribution is -2.06. The van der Waals surface area contributed by atoms with Crippen LogP contribution in [-0.2, 0) is 11.2 Å². The van der Waals surface area contributed by atoms with Gasteiger partial charge in [-0.1, -0.05) is 66.2 Å². The van der Waals surface area contributed by atoms with Crippen molar-refractivity contribution in [2.24, 2.45) is 0 Å². The van der Waals surface area contributed by atoms with Crippen LogP contribution in [0.1, 0.15) is 51.7 Å². The zero-order chi connectivity index (χ0) is 23.9. The van der Waals surface area contributed by atoms with Gasteiger partial charge in [-0.3, -0.25) is 0 Å². The number of halogens is 1. The Morgan fingerprint density at radius 3 is 2.71 bits per heavy atom.